The highest BCUT2D eigenvalue weighted by atomic mass is 35.5. The summed E-state index contributed by atoms with van der Waals surface area (Å²) in [6.45, 7) is 3.67. The summed E-state index contributed by atoms with van der Waals surface area (Å²) >= 11 is 12.6. The first-order valence-electron chi connectivity index (χ1n) is 10.9. The molecular weight excluding hydrogens is 448 g/mol. The van der Waals surface area contributed by atoms with Gasteiger partial charge in [-0.05, 0) is 42.2 Å². The van der Waals surface area contributed by atoms with E-state index in [1.807, 2.05) is 38.1 Å². The lowest BCUT2D eigenvalue weighted by molar-refractivity contribution is 0.0393. The predicted octanol–water partition coefficient (Wildman–Crippen LogP) is 6.64. The zero-order valence-electron chi connectivity index (χ0n) is 18.2. The summed E-state index contributed by atoms with van der Waals surface area (Å²) in [7, 11) is 0. The fourth-order valence-corrected chi connectivity index (χ4v) is 4.74. The van der Waals surface area contributed by atoms with Gasteiger partial charge in [-0.15, -0.1) is 0 Å². The van der Waals surface area contributed by atoms with Crippen LogP contribution in [0, 0.1) is 0 Å². The van der Waals surface area contributed by atoms with Gasteiger partial charge in [0.2, 0.25) is 0 Å². The molecule has 0 fully saturated rings. The quantitative estimate of drug-likeness (QED) is 0.398. The van der Waals surface area contributed by atoms with E-state index in [1.54, 1.807) is 6.07 Å². The Kier molecular flexibility index (Phi) is 7.29. The molecule has 2 atom stereocenters. The molecule has 4 rings (SSSR count). The first kappa shape index (κ1) is 23.0. The third-order valence-corrected chi connectivity index (χ3v) is 6.33. The Morgan fingerprint density at radius 3 is 2.56 bits per heavy atom. The minimum absolute atomic E-state index is 0.0807. The Morgan fingerprint density at radius 2 is 1.84 bits per heavy atom. The fourth-order valence-electron chi connectivity index (χ4n) is 4.24. The zero-order valence-corrected chi connectivity index (χ0v) is 19.7. The van der Waals surface area contributed by atoms with Gasteiger partial charge in [-0.25, -0.2) is 14.4 Å². The number of hydrogen-bond donors (Lipinski definition) is 1. The van der Waals surface area contributed by atoms with Crippen LogP contribution in [0.5, 0.6) is 0 Å². The second-order valence-electron chi connectivity index (χ2n) is 7.77. The van der Waals surface area contributed by atoms with Gasteiger partial charge in [-0.3, -0.25) is 0 Å². The number of benzene rings is 2. The standard InChI is InChI=1S/C25H26Cl2FN3O/c1-3-20-23(18-10-9-16(26)14-19(18)27)29-21(4-2)25(30-20)31-24-17-8-6-5-7-15(17)13-22(24)32-12-11-28/h5-10,14,22,24H,3-4,11-13H2,1-2H3,(H,30,31). The molecule has 168 valence electrons. The van der Waals surface area contributed by atoms with E-state index in [4.69, 9.17) is 37.9 Å². The molecule has 0 saturated carbocycles. The van der Waals surface area contributed by atoms with Gasteiger partial charge >= 0.3 is 0 Å². The Bertz CT molecular complexity index is 1110. The van der Waals surface area contributed by atoms with Crippen molar-refractivity contribution in [1.29, 1.82) is 0 Å². The lowest BCUT2D eigenvalue weighted by atomic mass is 10.1. The number of aryl methyl sites for hydroxylation is 2. The van der Waals surface area contributed by atoms with Crippen LogP contribution >= 0.6 is 23.2 Å². The number of halogens is 3. The Morgan fingerprint density at radius 1 is 1.06 bits per heavy atom. The van der Waals surface area contributed by atoms with E-state index in [0.29, 0.717) is 22.9 Å². The molecule has 0 amide bonds. The van der Waals surface area contributed by atoms with Crippen LogP contribution in [0.25, 0.3) is 11.3 Å². The molecule has 1 aromatic heterocycles. The summed E-state index contributed by atoms with van der Waals surface area (Å²) in [5, 5.41) is 4.71. The lowest BCUT2D eigenvalue weighted by Gasteiger charge is -2.24. The van der Waals surface area contributed by atoms with Gasteiger partial charge in [-0.1, -0.05) is 61.3 Å². The molecule has 0 spiro atoms. The smallest absolute Gasteiger partial charge is 0.148 e. The topological polar surface area (TPSA) is 47.0 Å². The van der Waals surface area contributed by atoms with Crippen molar-refractivity contribution in [3.8, 4) is 11.3 Å². The summed E-state index contributed by atoms with van der Waals surface area (Å²) < 4.78 is 18.7. The average molecular weight is 474 g/mol. The van der Waals surface area contributed by atoms with Gasteiger partial charge in [0.25, 0.3) is 0 Å². The summed E-state index contributed by atoms with van der Waals surface area (Å²) in [4.78, 5) is 9.91. The van der Waals surface area contributed by atoms with Gasteiger partial charge in [0.05, 0.1) is 40.9 Å². The third kappa shape index (κ3) is 4.61. The van der Waals surface area contributed by atoms with E-state index in [2.05, 4.69) is 17.4 Å². The number of hydrogen-bond acceptors (Lipinski definition) is 4. The van der Waals surface area contributed by atoms with E-state index in [9.17, 15) is 4.39 Å². The maximum Gasteiger partial charge on any atom is 0.148 e. The summed E-state index contributed by atoms with van der Waals surface area (Å²) in [6.07, 6.45) is 1.97. The third-order valence-electron chi connectivity index (χ3n) is 5.78. The Balaban J connectivity index is 1.73. The molecular formula is C25H26Cl2FN3O. The number of rotatable bonds is 8. The van der Waals surface area contributed by atoms with Crippen molar-refractivity contribution in [2.75, 3.05) is 18.6 Å². The molecule has 7 heteroatoms. The van der Waals surface area contributed by atoms with Crippen LogP contribution in [-0.2, 0) is 24.0 Å². The molecule has 1 N–H and O–H groups in total. The summed E-state index contributed by atoms with van der Waals surface area (Å²) in [6, 6.07) is 13.5. The molecule has 0 radical (unpaired) electrons. The predicted molar refractivity (Wildman–Crippen MR) is 128 cm³/mol. The van der Waals surface area contributed by atoms with Crippen molar-refractivity contribution in [2.45, 2.75) is 45.3 Å². The molecule has 1 heterocycles. The van der Waals surface area contributed by atoms with Crippen molar-refractivity contribution in [2.24, 2.45) is 0 Å². The maximum absolute atomic E-state index is 12.8. The normalized spacial score (nSPS) is 17.4. The van der Waals surface area contributed by atoms with Crippen molar-refractivity contribution >= 4 is 29.0 Å². The lowest BCUT2D eigenvalue weighted by Crippen LogP contribution is -2.27. The van der Waals surface area contributed by atoms with E-state index >= 15 is 0 Å². The molecule has 0 bridgehead atoms. The minimum atomic E-state index is -0.504. The summed E-state index contributed by atoms with van der Waals surface area (Å²) in [5.41, 5.74) is 5.65. The highest BCUT2D eigenvalue weighted by Crippen LogP contribution is 2.37. The molecule has 0 aliphatic heterocycles. The average Bonchev–Trinajstić information content (AvgIpc) is 3.15. The van der Waals surface area contributed by atoms with Gasteiger partial charge in [-0.2, -0.15) is 0 Å². The van der Waals surface area contributed by atoms with Crippen LogP contribution in [0.2, 0.25) is 10.0 Å². The second-order valence-corrected chi connectivity index (χ2v) is 8.61. The molecule has 4 nitrogen and oxygen atoms in total. The Labute approximate surface area is 198 Å². The van der Waals surface area contributed by atoms with E-state index in [1.165, 1.54) is 5.56 Å². The van der Waals surface area contributed by atoms with E-state index in [0.717, 1.165) is 40.4 Å². The van der Waals surface area contributed by atoms with Crippen LogP contribution in [0.3, 0.4) is 0 Å². The van der Waals surface area contributed by atoms with Crippen molar-refractivity contribution < 1.29 is 9.13 Å². The molecule has 0 saturated heterocycles. The number of aromatic nitrogens is 2. The van der Waals surface area contributed by atoms with Crippen molar-refractivity contribution in [3.63, 3.8) is 0 Å². The highest BCUT2D eigenvalue weighted by Gasteiger charge is 2.34. The number of nitrogens with zero attached hydrogens (tertiary/aromatic N) is 2. The van der Waals surface area contributed by atoms with Gasteiger partial charge in [0, 0.05) is 17.0 Å². The van der Waals surface area contributed by atoms with Gasteiger partial charge in [0.1, 0.15) is 12.5 Å². The minimum Gasteiger partial charge on any atom is -0.373 e. The molecule has 1 aliphatic carbocycles. The zero-order chi connectivity index (χ0) is 22.7. The first-order valence-corrected chi connectivity index (χ1v) is 11.7. The second kappa shape index (κ2) is 10.2. The number of nitrogens with one attached hydrogen (secondary N) is 1. The monoisotopic (exact) mass is 473 g/mol. The van der Waals surface area contributed by atoms with Crippen LogP contribution in [-0.4, -0.2) is 29.4 Å². The number of alkyl halides is 1. The van der Waals surface area contributed by atoms with Crippen molar-refractivity contribution in [1.82, 2.24) is 9.97 Å². The molecule has 1 aliphatic rings. The SMILES string of the molecule is CCc1nc(-c2ccc(Cl)cc2Cl)c(CC)nc1NC1c2ccccc2CC1OCCF. The highest BCUT2D eigenvalue weighted by molar-refractivity contribution is 6.36. The van der Waals surface area contributed by atoms with Crippen molar-refractivity contribution in [3.05, 3.63) is 75.0 Å². The van der Waals surface area contributed by atoms with Crippen LogP contribution < -0.4 is 5.32 Å². The van der Waals surface area contributed by atoms with Gasteiger partial charge in [0.15, 0.2) is 0 Å². The van der Waals surface area contributed by atoms with Crippen LogP contribution in [0.1, 0.15) is 42.4 Å². The van der Waals surface area contributed by atoms with Crippen LogP contribution in [0.15, 0.2) is 42.5 Å². The number of anilines is 1. The first-order chi connectivity index (χ1) is 15.5. The van der Waals surface area contributed by atoms with Crippen LogP contribution in [0.4, 0.5) is 10.2 Å². The van der Waals surface area contributed by atoms with E-state index in [-0.39, 0.29) is 18.8 Å². The number of ether oxygens (including phenoxy) is 1. The molecule has 2 aromatic carbocycles. The molecule has 32 heavy (non-hydrogen) atoms. The maximum atomic E-state index is 12.8. The van der Waals surface area contributed by atoms with Gasteiger partial charge < -0.3 is 10.1 Å². The summed E-state index contributed by atoms with van der Waals surface area (Å²) in [5.74, 6) is 0.730. The fraction of sp³-hybridized carbons (Fsp3) is 0.360. The van der Waals surface area contributed by atoms with E-state index < -0.39 is 6.67 Å². The molecule has 3 aromatic rings. The largest absolute Gasteiger partial charge is 0.373 e. The Hall–Kier alpha value is -2.21. The number of fused-ring (bicyclic) bond motifs is 1. The molecule has 2 unspecified atom stereocenters.